The molecule has 4 aromatic heterocycles. The van der Waals surface area contributed by atoms with Gasteiger partial charge in [0.05, 0.1) is 72.1 Å². The summed E-state index contributed by atoms with van der Waals surface area (Å²) >= 11 is 0. The molecule has 6 heterocycles. The van der Waals surface area contributed by atoms with E-state index >= 15 is 0 Å². The van der Waals surface area contributed by atoms with Gasteiger partial charge in [-0.05, 0) is 24.3 Å². The maximum absolute atomic E-state index is 12.3. The van der Waals surface area contributed by atoms with Crippen LogP contribution in [0.15, 0.2) is 49.1 Å². The predicted octanol–water partition coefficient (Wildman–Crippen LogP) is 1.14. The summed E-state index contributed by atoms with van der Waals surface area (Å²) in [6, 6.07) is 8.06. The van der Waals surface area contributed by atoms with Crippen LogP contribution in [-0.2, 0) is 59.1 Å². The van der Waals surface area contributed by atoms with Crippen LogP contribution in [0.5, 0.6) is 11.8 Å². The summed E-state index contributed by atoms with van der Waals surface area (Å²) < 4.78 is 108. The molecule has 0 aliphatic carbocycles. The molecule has 2 aliphatic heterocycles. The lowest BCUT2D eigenvalue weighted by molar-refractivity contribution is -0.386. The zero-order valence-corrected chi connectivity index (χ0v) is 46.7. The molecule has 2 aromatic carbocycles. The molecule has 2 saturated heterocycles. The number of imidazole rings is 2. The second-order valence-electron chi connectivity index (χ2n) is 17.8. The molecule has 37 nitrogen and oxygen atoms in total. The molecule has 2 fully saturated rings. The molecule has 466 valence electrons. The van der Waals surface area contributed by atoms with Crippen LogP contribution in [0.2, 0.25) is 0 Å². The smallest absolute Gasteiger partial charge is 0.471 e. The van der Waals surface area contributed by atoms with Gasteiger partial charge in [-0.3, -0.25) is 48.8 Å². The molecule has 0 spiro atoms. The zero-order valence-electron chi connectivity index (χ0n) is 44.0. The van der Waals surface area contributed by atoms with Crippen molar-refractivity contribution in [2.45, 2.75) is 76.0 Å². The normalized spacial score (nSPS) is 19.7. The Kier molecular flexibility index (Phi) is 21.1. The van der Waals surface area contributed by atoms with Crippen molar-refractivity contribution >= 4 is 80.9 Å². The molecule has 0 radical (unpaired) electrons. The number of nitrogens with two attached hydrogens (primary N) is 2. The summed E-state index contributed by atoms with van der Waals surface area (Å²) in [5, 5.41) is 57.3. The highest BCUT2D eigenvalue weighted by atomic mass is 31.3. The Bertz CT molecular complexity index is 3890. The van der Waals surface area contributed by atoms with Crippen LogP contribution >= 0.6 is 23.5 Å². The Labute approximate surface area is 483 Å². The van der Waals surface area contributed by atoms with Gasteiger partial charge in [0.25, 0.3) is 11.4 Å². The molecule has 2 amide bonds. The van der Waals surface area contributed by atoms with Gasteiger partial charge in [0, 0.05) is 43.0 Å². The van der Waals surface area contributed by atoms with E-state index < -0.39 is 120 Å². The Hall–Kier alpha value is -8.24. The van der Waals surface area contributed by atoms with Crippen molar-refractivity contribution in [3.05, 3.63) is 91.5 Å². The lowest BCUT2D eigenvalue weighted by atomic mass is 10.1. The number of aliphatic hydroxyl groups is 3. The van der Waals surface area contributed by atoms with E-state index in [-0.39, 0.29) is 94.4 Å². The third-order valence-electron chi connectivity index (χ3n) is 11.6. The number of nitrogens with zero attached hydrogens (tertiary/aromatic N) is 10. The highest BCUT2D eigenvalue weighted by Crippen LogP contribution is 2.66. The van der Waals surface area contributed by atoms with E-state index in [0.717, 1.165) is 6.07 Å². The van der Waals surface area contributed by atoms with Crippen LogP contribution in [-0.4, -0.2) is 152 Å². The third-order valence-corrected chi connectivity index (χ3v) is 15.4. The minimum Gasteiger partial charge on any atom is -0.471 e. The van der Waals surface area contributed by atoms with Gasteiger partial charge in [-0.1, -0.05) is 23.7 Å². The Morgan fingerprint density at radius 3 is 1.80 bits per heavy atom. The van der Waals surface area contributed by atoms with E-state index in [1.807, 2.05) is 0 Å². The van der Waals surface area contributed by atoms with Gasteiger partial charge in [-0.15, -0.1) is 0 Å². The van der Waals surface area contributed by atoms with E-state index in [2.05, 4.69) is 72.0 Å². The Balaban J connectivity index is 0.000000249. The number of hydrogen-bond acceptors (Lipinski definition) is 27. The molecule has 13 N–H and O–H groups in total. The standard InChI is InChI=1S/C24H22F3N7O8.C20H24N7O15P3/c1-12(36)30-23-31-20-19(29-11-33(20)18-8-16(37)17(9-35)42-18)21(32-23)41-10-14-5-4-13(7-15(14)34(39)40)3-2-6-28-22(38)24(25,26)27;21-5-1-2-11-3-4-12(13(6-11)27(29)30)8-38-19-17-18(24-20(22)25-19)26(10-23-17)16-7-14(28)15(40-16)9-39-44(34,35)42-45(36,37)41-43(31,32)33/h4-5,7,11,16-18,35,37H,6,8-10H2,1H3,(H,28,38)(H,30,31,32,36);3-4,6,10,14-16,28H,5,7-9,21H2,(H,34,35)(H,36,37)(H2,22,24,25)(H2,31,32,33)/t16-,17-,18-;14-,15-,16-/m11/s1. The number of rotatable bonds is 20. The number of phosphoric acid groups is 3. The molecule has 43 heteroatoms. The number of alkyl halides is 3. The number of carbonyl (C=O) groups excluding carboxylic acids is 2. The number of hydrogen-bond donors (Lipinski definition) is 11. The van der Waals surface area contributed by atoms with Gasteiger partial charge in [-0.2, -0.15) is 41.7 Å². The van der Waals surface area contributed by atoms with Crippen molar-refractivity contribution in [2.75, 3.05) is 37.4 Å². The number of carbonyl (C=O) groups is 2. The van der Waals surface area contributed by atoms with Gasteiger partial charge in [0.15, 0.2) is 22.3 Å². The Morgan fingerprint density at radius 2 is 1.31 bits per heavy atom. The zero-order chi connectivity index (χ0) is 63.8. The first-order valence-electron chi connectivity index (χ1n) is 24.3. The van der Waals surface area contributed by atoms with Crippen molar-refractivity contribution in [2.24, 2.45) is 5.73 Å². The topological polar surface area (TPSA) is 541 Å². The summed E-state index contributed by atoms with van der Waals surface area (Å²) in [7, 11) is -16.8. The maximum Gasteiger partial charge on any atom is 0.490 e. The van der Waals surface area contributed by atoms with Crippen LogP contribution < -0.4 is 31.6 Å². The van der Waals surface area contributed by atoms with Crippen LogP contribution in [0.4, 0.5) is 36.4 Å². The lowest BCUT2D eigenvalue weighted by Gasteiger charge is -2.19. The molecule has 8 rings (SSSR count). The highest BCUT2D eigenvalue weighted by Gasteiger charge is 2.44. The molecule has 6 aromatic rings. The lowest BCUT2D eigenvalue weighted by Crippen LogP contribution is -2.36. The van der Waals surface area contributed by atoms with Crippen LogP contribution in [0.25, 0.3) is 22.3 Å². The third kappa shape index (κ3) is 17.7. The van der Waals surface area contributed by atoms with Gasteiger partial charge < -0.3 is 70.6 Å². The van der Waals surface area contributed by atoms with E-state index in [4.69, 9.17) is 40.2 Å². The quantitative estimate of drug-likeness (QED) is 0.0221. The molecule has 2 aliphatic rings. The number of nitro groups is 2. The molecule has 8 atom stereocenters. The number of ether oxygens (including phenoxy) is 4. The second kappa shape index (κ2) is 27.6. The fraction of sp³-hybridized carbons (Fsp3) is 0.364. The number of halogens is 3. The number of nitrogens with one attached hydrogen (secondary N) is 2. The largest absolute Gasteiger partial charge is 0.490 e. The molecule has 0 saturated carbocycles. The highest BCUT2D eigenvalue weighted by molar-refractivity contribution is 7.66. The van der Waals surface area contributed by atoms with Crippen LogP contribution in [0.1, 0.15) is 54.5 Å². The van der Waals surface area contributed by atoms with Gasteiger partial charge in [0.2, 0.25) is 29.6 Å². The molecule has 2 unspecified atom stereocenters. The summed E-state index contributed by atoms with van der Waals surface area (Å²) in [5.74, 6) is 6.66. The fourth-order valence-electron chi connectivity index (χ4n) is 7.87. The van der Waals surface area contributed by atoms with Crippen molar-refractivity contribution in [1.82, 2.24) is 44.4 Å². The number of benzene rings is 2. The number of aliphatic hydroxyl groups excluding tert-OH is 3. The van der Waals surface area contributed by atoms with Gasteiger partial charge in [-0.25, -0.2) is 23.7 Å². The molecule has 87 heavy (non-hydrogen) atoms. The number of aromatic nitrogens is 8. The summed E-state index contributed by atoms with van der Waals surface area (Å²) in [4.78, 5) is 106. The molecule has 0 bridgehead atoms. The average Bonchev–Trinajstić information content (AvgIpc) is 1.73. The number of nitrogen functional groups attached to an aromatic ring is 1. The van der Waals surface area contributed by atoms with E-state index in [1.54, 1.807) is 11.4 Å². The van der Waals surface area contributed by atoms with Crippen LogP contribution in [0, 0.1) is 43.9 Å². The van der Waals surface area contributed by atoms with Crippen molar-refractivity contribution < 1.29 is 113 Å². The van der Waals surface area contributed by atoms with Gasteiger partial charge >= 0.3 is 35.6 Å². The fourth-order valence-corrected chi connectivity index (χ4v) is 10.9. The van der Waals surface area contributed by atoms with Gasteiger partial charge in [0.1, 0.15) is 37.9 Å². The maximum atomic E-state index is 12.3. The van der Waals surface area contributed by atoms with Crippen LogP contribution in [0.3, 0.4) is 0 Å². The minimum atomic E-state index is -5.74. The first-order valence-corrected chi connectivity index (χ1v) is 28.8. The molecular weight excluding hydrogens is 1240 g/mol. The number of anilines is 2. The first-order chi connectivity index (χ1) is 40.8. The molecular formula is C44H46F3N14O23P3. The monoisotopic (exact) mass is 1290 g/mol. The summed E-state index contributed by atoms with van der Waals surface area (Å²) in [5.41, 5.74) is 11.6. The predicted molar refractivity (Wildman–Crippen MR) is 282 cm³/mol. The number of phosphoric ester groups is 1. The second-order valence-corrected chi connectivity index (χ2v) is 22.2. The number of fused-ring (bicyclic) bond motifs is 2. The Morgan fingerprint density at radius 1 is 0.793 bits per heavy atom. The summed E-state index contributed by atoms with van der Waals surface area (Å²) in [6.07, 6.45) is -8.74. The van der Waals surface area contributed by atoms with Crippen molar-refractivity contribution in [3.63, 3.8) is 0 Å². The SMILES string of the molecule is CC(=O)Nc1nc(OCc2ccc(C#CCNC(=O)C(F)(F)F)cc2[N+](=O)[O-])c2ncn([C@H]3C[C@@H](O)[C@@H](CO)O3)c2n1.NCC#Cc1ccc(COc2nc(N)nc3c2ncn3[C@H]2C[C@@H](O)[C@@H](COP(=O)(O)OP(=O)(O)OP(=O)(O)O)O2)c([N+](=O)[O-])c1. The average molecular weight is 1290 g/mol. The van der Waals surface area contributed by atoms with E-state index in [0.29, 0.717) is 5.56 Å². The first kappa shape index (κ1) is 66.3. The minimum absolute atomic E-state index is 0.0603. The van der Waals surface area contributed by atoms with Crippen molar-refractivity contribution in [1.29, 1.82) is 0 Å². The van der Waals surface area contributed by atoms with Crippen molar-refractivity contribution in [3.8, 4) is 35.4 Å². The number of amides is 2. The van der Waals surface area contributed by atoms with E-state index in [1.165, 1.54) is 53.0 Å². The van der Waals surface area contributed by atoms with E-state index in [9.17, 15) is 81.8 Å². The number of nitro benzene ring substituents is 2. The summed E-state index contributed by atoms with van der Waals surface area (Å²) in [6.45, 7) is -1.35.